The maximum Gasteiger partial charge on any atom is 0.233 e. The molecule has 0 atom stereocenters. The van der Waals surface area contributed by atoms with E-state index >= 15 is 0 Å². The van der Waals surface area contributed by atoms with Gasteiger partial charge in [-0.1, -0.05) is 27.7 Å². The molecule has 0 spiro atoms. The molecule has 0 aliphatic heterocycles. The number of hydrogen-bond acceptors (Lipinski definition) is 2. The summed E-state index contributed by atoms with van der Waals surface area (Å²) < 4.78 is 0. The van der Waals surface area contributed by atoms with Crippen LogP contribution >= 0.6 is 0 Å². The molecule has 0 fully saturated rings. The van der Waals surface area contributed by atoms with Crippen LogP contribution in [0.4, 0.5) is 0 Å². The van der Waals surface area contributed by atoms with Gasteiger partial charge in [0.2, 0.25) is 5.91 Å². The highest BCUT2D eigenvalue weighted by Gasteiger charge is 1.91. The Labute approximate surface area is 76.9 Å². The third-order valence-electron chi connectivity index (χ3n) is 0.711. The van der Waals surface area contributed by atoms with Gasteiger partial charge in [-0.05, 0) is 14.0 Å². The molecule has 0 saturated heterocycles. The second kappa shape index (κ2) is 22.4. The molecular formula is C9H24N2O. The van der Waals surface area contributed by atoms with Crippen molar-refractivity contribution in [2.24, 2.45) is 0 Å². The fourth-order valence-corrected chi connectivity index (χ4v) is 0.420. The van der Waals surface area contributed by atoms with E-state index in [4.69, 9.17) is 0 Å². The van der Waals surface area contributed by atoms with Crippen LogP contribution in [-0.4, -0.2) is 26.0 Å². The first kappa shape index (κ1) is 17.5. The SMILES string of the molecule is CC.CC.CCNC(=O)CNC. The summed E-state index contributed by atoms with van der Waals surface area (Å²) in [5.41, 5.74) is 0. The van der Waals surface area contributed by atoms with E-state index in [9.17, 15) is 4.79 Å². The molecule has 3 heteroatoms. The molecule has 0 saturated carbocycles. The van der Waals surface area contributed by atoms with Crippen LogP contribution in [0.5, 0.6) is 0 Å². The topological polar surface area (TPSA) is 41.1 Å². The number of amides is 1. The summed E-state index contributed by atoms with van der Waals surface area (Å²) in [7, 11) is 1.75. The number of carbonyl (C=O) groups is 1. The van der Waals surface area contributed by atoms with Gasteiger partial charge in [0, 0.05) is 6.54 Å². The summed E-state index contributed by atoms with van der Waals surface area (Å²) in [6.07, 6.45) is 0. The molecule has 0 unspecified atom stereocenters. The smallest absolute Gasteiger partial charge is 0.233 e. The highest BCUT2D eigenvalue weighted by molar-refractivity contribution is 5.77. The van der Waals surface area contributed by atoms with E-state index < -0.39 is 0 Å². The van der Waals surface area contributed by atoms with Gasteiger partial charge < -0.3 is 10.6 Å². The summed E-state index contributed by atoms with van der Waals surface area (Å²) in [4.78, 5) is 10.5. The zero-order valence-electron chi connectivity index (χ0n) is 9.32. The Morgan fingerprint density at radius 3 is 1.83 bits per heavy atom. The molecule has 3 nitrogen and oxygen atoms in total. The van der Waals surface area contributed by atoms with Crippen LogP contribution in [0, 0.1) is 0 Å². The standard InChI is InChI=1S/C5H12N2O.2C2H6/c1-3-7-5(8)4-6-2;2*1-2/h6H,3-4H2,1-2H3,(H,7,8);2*1-2H3. The zero-order valence-corrected chi connectivity index (χ0v) is 9.32. The quantitative estimate of drug-likeness (QED) is 0.682. The first-order valence-electron chi connectivity index (χ1n) is 4.72. The van der Waals surface area contributed by atoms with Gasteiger partial charge in [0.1, 0.15) is 0 Å². The molecule has 12 heavy (non-hydrogen) atoms. The summed E-state index contributed by atoms with van der Waals surface area (Å²) >= 11 is 0. The van der Waals surface area contributed by atoms with Gasteiger partial charge in [0.25, 0.3) is 0 Å². The third kappa shape index (κ3) is 22.7. The second-order valence-corrected chi connectivity index (χ2v) is 1.48. The minimum Gasteiger partial charge on any atom is -0.355 e. The van der Waals surface area contributed by atoms with Crippen molar-refractivity contribution in [2.45, 2.75) is 34.6 Å². The minimum absolute atomic E-state index is 0.0509. The number of hydrogen-bond donors (Lipinski definition) is 2. The van der Waals surface area contributed by atoms with Gasteiger partial charge in [-0.25, -0.2) is 0 Å². The van der Waals surface area contributed by atoms with Gasteiger partial charge in [0.05, 0.1) is 6.54 Å². The number of carbonyl (C=O) groups excluding carboxylic acids is 1. The highest BCUT2D eigenvalue weighted by Crippen LogP contribution is 1.58. The second-order valence-electron chi connectivity index (χ2n) is 1.48. The molecule has 0 rings (SSSR count). The van der Waals surface area contributed by atoms with Crippen LogP contribution in [0.15, 0.2) is 0 Å². The van der Waals surface area contributed by atoms with E-state index in [-0.39, 0.29) is 5.91 Å². The van der Waals surface area contributed by atoms with Crippen LogP contribution < -0.4 is 10.6 Å². The van der Waals surface area contributed by atoms with E-state index in [2.05, 4.69) is 10.6 Å². The molecule has 0 aliphatic rings. The average Bonchev–Trinajstić information content (AvgIpc) is 2.12. The van der Waals surface area contributed by atoms with E-state index in [1.165, 1.54) is 0 Å². The lowest BCUT2D eigenvalue weighted by atomic mass is 10.6. The minimum atomic E-state index is 0.0509. The Kier molecular flexibility index (Phi) is 32.7. The van der Waals surface area contributed by atoms with Gasteiger partial charge in [-0.3, -0.25) is 4.79 Å². The Hall–Kier alpha value is -0.570. The lowest BCUT2D eigenvalue weighted by Crippen LogP contribution is -2.31. The van der Waals surface area contributed by atoms with Gasteiger partial charge >= 0.3 is 0 Å². The number of nitrogens with one attached hydrogen (secondary N) is 2. The van der Waals surface area contributed by atoms with E-state index in [0.29, 0.717) is 13.1 Å². The van der Waals surface area contributed by atoms with Crippen LogP contribution in [-0.2, 0) is 4.79 Å². The van der Waals surface area contributed by atoms with Crippen LogP contribution in [0.1, 0.15) is 34.6 Å². The maximum atomic E-state index is 10.5. The molecule has 1 amide bonds. The van der Waals surface area contributed by atoms with Crippen LogP contribution in [0.2, 0.25) is 0 Å². The van der Waals surface area contributed by atoms with E-state index in [1.807, 2.05) is 34.6 Å². The molecule has 0 bridgehead atoms. The normalized spacial score (nSPS) is 6.83. The Bertz CT molecular complexity index is 66.9. The summed E-state index contributed by atoms with van der Waals surface area (Å²) in [6, 6.07) is 0. The van der Waals surface area contributed by atoms with Crippen LogP contribution in [0.3, 0.4) is 0 Å². The van der Waals surface area contributed by atoms with Gasteiger partial charge in [-0.15, -0.1) is 0 Å². The molecular weight excluding hydrogens is 152 g/mol. The zero-order chi connectivity index (χ0) is 10.4. The average molecular weight is 176 g/mol. The Balaban J connectivity index is -0.000000175. The van der Waals surface area contributed by atoms with Crippen molar-refractivity contribution >= 4 is 5.91 Å². The molecule has 0 heterocycles. The monoisotopic (exact) mass is 176 g/mol. The molecule has 0 aromatic carbocycles. The van der Waals surface area contributed by atoms with Crippen molar-refractivity contribution in [3.8, 4) is 0 Å². The van der Waals surface area contributed by atoms with Crippen molar-refractivity contribution in [3.63, 3.8) is 0 Å². The van der Waals surface area contributed by atoms with Crippen LogP contribution in [0.25, 0.3) is 0 Å². The Morgan fingerprint density at radius 2 is 1.58 bits per heavy atom. The summed E-state index contributed by atoms with van der Waals surface area (Å²) in [5.74, 6) is 0.0509. The Morgan fingerprint density at radius 1 is 1.17 bits per heavy atom. The van der Waals surface area contributed by atoms with Crippen molar-refractivity contribution < 1.29 is 4.79 Å². The third-order valence-corrected chi connectivity index (χ3v) is 0.711. The summed E-state index contributed by atoms with van der Waals surface area (Å²) in [6.45, 7) is 11.0. The molecule has 0 aromatic heterocycles. The molecule has 2 N–H and O–H groups in total. The van der Waals surface area contributed by atoms with Crippen molar-refractivity contribution in [1.29, 1.82) is 0 Å². The lowest BCUT2D eigenvalue weighted by Gasteiger charge is -1.97. The predicted octanol–water partition coefficient (Wildman–Crippen LogP) is 1.39. The first-order chi connectivity index (χ1) is 5.81. The molecule has 0 radical (unpaired) electrons. The fourth-order valence-electron chi connectivity index (χ4n) is 0.420. The number of likely N-dealkylation sites (N-methyl/N-ethyl adjacent to an activating group) is 2. The van der Waals surface area contributed by atoms with Crippen molar-refractivity contribution in [2.75, 3.05) is 20.1 Å². The van der Waals surface area contributed by atoms with E-state index in [0.717, 1.165) is 0 Å². The predicted molar refractivity (Wildman–Crippen MR) is 55.3 cm³/mol. The molecule has 0 aliphatic carbocycles. The largest absolute Gasteiger partial charge is 0.355 e. The highest BCUT2D eigenvalue weighted by atomic mass is 16.1. The van der Waals surface area contributed by atoms with Crippen molar-refractivity contribution in [1.82, 2.24) is 10.6 Å². The number of rotatable bonds is 3. The summed E-state index contributed by atoms with van der Waals surface area (Å²) in [5, 5.41) is 5.39. The van der Waals surface area contributed by atoms with Gasteiger partial charge in [0.15, 0.2) is 0 Å². The fraction of sp³-hybridized carbons (Fsp3) is 0.889. The first-order valence-corrected chi connectivity index (χ1v) is 4.72. The van der Waals surface area contributed by atoms with E-state index in [1.54, 1.807) is 7.05 Å². The molecule has 76 valence electrons. The van der Waals surface area contributed by atoms with Gasteiger partial charge in [-0.2, -0.15) is 0 Å². The molecule has 0 aromatic rings. The lowest BCUT2D eigenvalue weighted by molar-refractivity contribution is -0.120. The van der Waals surface area contributed by atoms with Crippen molar-refractivity contribution in [3.05, 3.63) is 0 Å². The maximum absolute atomic E-state index is 10.5.